The topological polar surface area (TPSA) is 69.6 Å². The van der Waals surface area contributed by atoms with Crippen LogP contribution < -0.4 is 5.32 Å². The van der Waals surface area contributed by atoms with Gasteiger partial charge in [-0.15, -0.1) is 11.8 Å². The molecule has 0 aromatic heterocycles. The van der Waals surface area contributed by atoms with E-state index in [1.165, 1.54) is 16.7 Å². The lowest BCUT2D eigenvalue weighted by molar-refractivity contribution is -0.141. The van der Waals surface area contributed by atoms with Crippen LogP contribution >= 0.6 is 34.4 Å². The number of hydrogen-bond donors (Lipinski definition) is 2. The molecule has 1 aromatic carbocycles. The Kier molecular flexibility index (Phi) is 5.37. The van der Waals surface area contributed by atoms with Crippen LogP contribution in [0, 0.1) is 9.49 Å². The van der Waals surface area contributed by atoms with Gasteiger partial charge < -0.3 is 10.4 Å². The van der Waals surface area contributed by atoms with E-state index in [0.717, 1.165) is 3.57 Å². The summed E-state index contributed by atoms with van der Waals surface area (Å²) in [5.41, 5.74) is 0.676. The number of amides is 2. The molecule has 0 saturated carbocycles. The van der Waals surface area contributed by atoms with Crippen LogP contribution in [0.1, 0.15) is 13.8 Å². The first-order valence-corrected chi connectivity index (χ1v) is 8.72. The van der Waals surface area contributed by atoms with E-state index in [0.29, 0.717) is 11.4 Å². The van der Waals surface area contributed by atoms with Gasteiger partial charge in [-0.3, -0.25) is 4.90 Å². The molecule has 2 amide bonds. The van der Waals surface area contributed by atoms with Crippen LogP contribution in [0.25, 0.3) is 0 Å². The molecule has 1 saturated heterocycles. The summed E-state index contributed by atoms with van der Waals surface area (Å²) < 4.78 is 1.01. The Balaban J connectivity index is 2.19. The Morgan fingerprint density at radius 3 is 2.76 bits per heavy atom. The monoisotopic (exact) mass is 420 g/mol. The second-order valence-corrected chi connectivity index (χ2v) is 7.57. The van der Waals surface area contributed by atoms with Gasteiger partial charge in [0.2, 0.25) is 0 Å². The summed E-state index contributed by atoms with van der Waals surface area (Å²) in [6.07, 6.45) is 0. The summed E-state index contributed by atoms with van der Waals surface area (Å²) in [6, 6.07) is 6.30. The number of nitrogens with one attached hydrogen (secondary N) is 1. The molecule has 1 fully saturated rings. The number of carbonyl (C=O) groups excluding carboxylic acids is 1. The van der Waals surface area contributed by atoms with Crippen molar-refractivity contribution < 1.29 is 14.7 Å². The van der Waals surface area contributed by atoms with Crippen LogP contribution in [0.15, 0.2) is 24.3 Å². The number of urea groups is 1. The first-order valence-electron chi connectivity index (χ1n) is 6.59. The molecular weight excluding hydrogens is 403 g/mol. The number of hydrogen-bond acceptors (Lipinski definition) is 3. The van der Waals surface area contributed by atoms with Gasteiger partial charge in [0.05, 0.1) is 5.37 Å². The van der Waals surface area contributed by atoms with Crippen LogP contribution in [0.2, 0.25) is 0 Å². The van der Waals surface area contributed by atoms with Crippen molar-refractivity contribution in [2.75, 3.05) is 11.1 Å². The summed E-state index contributed by atoms with van der Waals surface area (Å²) in [7, 11) is 0. The zero-order chi connectivity index (χ0) is 15.6. The maximum atomic E-state index is 12.5. The molecule has 2 rings (SSSR count). The van der Waals surface area contributed by atoms with Crippen LogP contribution in [0.4, 0.5) is 10.5 Å². The molecule has 2 N–H and O–H groups in total. The SMILES string of the molecule is CC(C)C1SCC(C(=O)O)N1C(=O)Nc1cccc(I)c1. The first-order chi connectivity index (χ1) is 9.90. The smallest absolute Gasteiger partial charge is 0.327 e. The van der Waals surface area contributed by atoms with Crippen LogP contribution in [0.5, 0.6) is 0 Å². The quantitative estimate of drug-likeness (QED) is 0.737. The highest BCUT2D eigenvalue weighted by atomic mass is 127. The van der Waals surface area contributed by atoms with Crippen molar-refractivity contribution in [1.82, 2.24) is 4.90 Å². The van der Waals surface area contributed by atoms with E-state index < -0.39 is 12.0 Å². The van der Waals surface area contributed by atoms with Crippen molar-refractivity contribution in [3.8, 4) is 0 Å². The molecule has 5 nitrogen and oxygen atoms in total. The van der Waals surface area contributed by atoms with Gasteiger partial charge >= 0.3 is 12.0 Å². The molecule has 1 aromatic rings. The fourth-order valence-electron chi connectivity index (χ4n) is 2.24. The summed E-state index contributed by atoms with van der Waals surface area (Å²) in [5.74, 6) is -0.331. The number of nitrogens with zero attached hydrogens (tertiary/aromatic N) is 1. The number of carboxylic acid groups (broad SMARTS) is 1. The maximum absolute atomic E-state index is 12.5. The molecule has 0 aliphatic carbocycles. The van der Waals surface area contributed by atoms with Crippen LogP contribution in [-0.4, -0.2) is 39.2 Å². The normalized spacial score (nSPS) is 21.6. The second-order valence-electron chi connectivity index (χ2n) is 5.17. The van der Waals surface area contributed by atoms with Crippen molar-refractivity contribution in [3.63, 3.8) is 0 Å². The number of thioether (sulfide) groups is 1. The molecule has 7 heteroatoms. The average molecular weight is 420 g/mol. The number of anilines is 1. The third-order valence-corrected chi connectivity index (χ3v) is 5.49. The highest BCUT2D eigenvalue weighted by Crippen LogP contribution is 2.34. The predicted molar refractivity (Wildman–Crippen MR) is 92.5 cm³/mol. The molecule has 2 unspecified atom stereocenters. The van der Waals surface area contributed by atoms with E-state index >= 15 is 0 Å². The molecule has 1 heterocycles. The minimum atomic E-state index is -0.955. The largest absolute Gasteiger partial charge is 0.480 e. The summed E-state index contributed by atoms with van der Waals surface area (Å²) in [5, 5.41) is 12.0. The summed E-state index contributed by atoms with van der Waals surface area (Å²) in [6.45, 7) is 3.99. The molecule has 2 atom stereocenters. The van der Waals surface area contributed by atoms with E-state index in [1.807, 2.05) is 32.0 Å². The van der Waals surface area contributed by atoms with Crippen molar-refractivity contribution in [2.45, 2.75) is 25.3 Å². The molecule has 21 heavy (non-hydrogen) atoms. The molecule has 0 radical (unpaired) electrons. The van der Waals surface area contributed by atoms with Gasteiger partial charge in [-0.25, -0.2) is 9.59 Å². The Labute approximate surface area is 141 Å². The fourth-order valence-corrected chi connectivity index (χ4v) is 4.26. The second kappa shape index (κ2) is 6.87. The van der Waals surface area contributed by atoms with Gasteiger partial charge in [0.25, 0.3) is 0 Å². The molecule has 0 spiro atoms. The average Bonchev–Trinajstić information content (AvgIpc) is 2.83. The Bertz CT molecular complexity index is 553. The first kappa shape index (κ1) is 16.4. The minimum absolute atomic E-state index is 0.117. The van der Waals surface area contributed by atoms with Gasteiger partial charge in [0, 0.05) is 15.0 Å². The zero-order valence-electron chi connectivity index (χ0n) is 11.7. The Hall–Kier alpha value is -0.960. The minimum Gasteiger partial charge on any atom is -0.480 e. The van der Waals surface area contributed by atoms with Gasteiger partial charge in [-0.2, -0.15) is 0 Å². The Morgan fingerprint density at radius 1 is 1.48 bits per heavy atom. The van der Waals surface area contributed by atoms with Crippen molar-refractivity contribution in [3.05, 3.63) is 27.8 Å². The Morgan fingerprint density at radius 2 is 2.19 bits per heavy atom. The highest BCUT2D eigenvalue weighted by Gasteiger charge is 2.42. The number of benzene rings is 1. The van der Waals surface area contributed by atoms with Gasteiger partial charge in [0.1, 0.15) is 6.04 Å². The van der Waals surface area contributed by atoms with Crippen molar-refractivity contribution >= 4 is 52.0 Å². The van der Waals surface area contributed by atoms with E-state index in [4.69, 9.17) is 0 Å². The molecular formula is C14H17IN2O3S. The molecule has 114 valence electrons. The number of carboxylic acids is 1. The van der Waals surface area contributed by atoms with Crippen LogP contribution in [-0.2, 0) is 4.79 Å². The molecule has 1 aliphatic rings. The summed E-state index contributed by atoms with van der Waals surface area (Å²) >= 11 is 3.69. The van der Waals surface area contributed by atoms with Crippen LogP contribution in [0.3, 0.4) is 0 Å². The lowest BCUT2D eigenvalue weighted by Crippen LogP contribution is -2.49. The van der Waals surface area contributed by atoms with E-state index in [1.54, 1.807) is 6.07 Å². The number of carbonyl (C=O) groups is 2. The van der Waals surface area contributed by atoms with Gasteiger partial charge in [-0.1, -0.05) is 19.9 Å². The van der Waals surface area contributed by atoms with E-state index in [2.05, 4.69) is 27.9 Å². The molecule has 1 aliphatic heterocycles. The van der Waals surface area contributed by atoms with Gasteiger partial charge in [0.15, 0.2) is 0 Å². The van der Waals surface area contributed by atoms with Gasteiger partial charge in [-0.05, 0) is 46.7 Å². The van der Waals surface area contributed by atoms with E-state index in [9.17, 15) is 14.7 Å². The molecule has 0 bridgehead atoms. The zero-order valence-corrected chi connectivity index (χ0v) is 14.7. The van der Waals surface area contributed by atoms with E-state index in [-0.39, 0.29) is 17.3 Å². The summed E-state index contributed by atoms with van der Waals surface area (Å²) in [4.78, 5) is 25.3. The lowest BCUT2D eigenvalue weighted by atomic mass is 10.1. The third kappa shape index (κ3) is 3.82. The predicted octanol–water partition coefficient (Wildman–Crippen LogP) is 3.31. The van der Waals surface area contributed by atoms with Crippen molar-refractivity contribution in [1.29, 1.82) is 0 Å². The number of aliphatic carboxylic acids is 1. The fraction of sp³-hybridized carbons (Fsp3) is 0.429. The lowest BCUT2D eigenvalue weighted by Gasteiger charge is -2.29. The maximum Gasteiger partial charge on any atom is 0.327 e. The standard InChI is InChI=1S/C14H17IN2O3S/c1-8(2)12-17(11(7-21-12)13(18)19)14(20)16-10-5-3-4-9(15)6-10/h3-6,8,11-12H,7H2,1-2H3,(H,16,20)(H,18,19). The third-order valence-electron chi connectivity index (χ3n) is 3.20. The van der Waals surface area contributed by atoms with Crippen molar-refractivity contribution in [2.24, 2.45) is 5.92 Å². The number of rotatable bonds is 3. The highest BCUT2D eigenvalue weighted by molar-refractivity contribution is 14.1. The number of halogens is 1.